The number of hydrogen-bond donors (Lipinski definition) is 1. The van der Waals surface area contributed by atoms with E-state index in [0.29, 0.717) is 17.8 Å². The van der Waals surface area contributed by atoms with Gasteiger partial charge in [0.05, 0.1) is 17.3 Å². The second kappa shape index (κ2) is 4.80. The molecule has 1 N–H and O–H groups in total. The molecular weight excluding hydrogens is 360 g/mol. The van der Waals surface area contributed by atoms with Crippen LogP contribution in [0.2, 0.25) is 0 Å². The highest BCUT2D eigenvalue weighted by Gasteiger charge is 2.78. The molecule has 4 nitrogen and oxygen atoms in total. The Hall–Kier alpha value is -2.07. The Morgan fingerprint density at radius 3 is 2.55 bits per heavy atom. The quantitative estimate of drug-likeness (QED) is 0.842. The highest BCUT2D eigenvalue weighted by Crippen LogP contribution is 2.77. The third kappa shape index (κ3) is 1.72. The van der Waals surface area contributed by atoms with Crippen molar-refractivity contribution >= 4 is 22.4 Å². The molecule has 3 bridgehead atoms. The Balaban J connectivity index is 1.30. The molecule has 4 saturated carbocycles. The minimum atomic E-state index is -0.520. The number of carbonyl (C=O) groups is 1. The largest absolute Gasteiger partial charge is 0.389 e. The van der Waals surface area contributed by atoms with E-state index in [1.807, 2.05) is 13.8 Å². The predicted octanol–water partition coefficient (Wildman–Crippen LogP) is 4.12. The summed E-state index contributed by atoms with van der Waals surface area (Å²) < 4.78 is 0. The number of rotatable bonds is 2. The Morgan fingerprint density at radius 1 is 0.966 bits per heavy atom. The number of carbonyl (C=O) groups excluding carboxylic acids is 1. The van der Waals surface area contributed by atoms with Crippen LogP contribution in [0.25, 0.3) is 10.8 Å². The molecule has 7 rings (SSSR count). The molecule has 4 aliphatic carbocycles. The molecule has 1 saturated heterocycles. The highest BCUT2D eigenvalue weighted by molar-refractivity contribution is 5.99. The summed E-state index contributed by atoms with van der Waals surface area (Å²) in [6.45, 7) is 4.09. The summed E-state index contributed by atoms with van der Waals surface area (Å²) in [6, 6.07) is 15.2. The first-order chi connectivity index (χ1) is 13.8. The molecule has 4 heteroatoms. The molecule has 0 radical (unpaired) electrons. The van der Waals surface area contributed by atoms with Gasteiger partial charge in [0.15, 0.2) is 0 Å². The van der Waals surface area contributed by atoms with E-state index in [4.69, 9.17) is 0 Å². The van der Waals surface area contributed by atoms with Gasteiger partial charge < -0.3 is 5.11 Å². The van der Waals surface area contributed by atoms with Gasteiger partial charge in [-0.25, -0.2) is 5.01 Å². The first kappa shape index (κ1) is 16.7. The van der Waals surface area contributed by atoms with Crippen LogP contribution in [0.4, 0.5) is 5.69 Å². The van der Waals surface area contributed by atoms with E-state index in [1.165, 1.54) is 17.2 Å². The van der Waals surface area contributed by atoms with Crippen LogP contribution in [0.3, 0.4) is 0 Å². The topological polar surface area (TPSA) is 43.8 Å². The number of nitrogens with zero attached hydrogens (tertiary/aromatic N) is 2. The van der Waals surface area contributed by atoms with Crippen molar-refractivity contribution in [3.8, 4) is 0 Å². The number of amides is 1. The Bertz CT molecular complexity index is 1080. The first-order valence-electron chi connectivity index (χ1n) is 11.2. The van der Waals surface area contributed by atoms with Crippen molar-refractivity contribution in [2.75, 3.05) is 5.01 Å². The standard InChI is InChI=1S/C25H28N2O2/c1-23(2)22(28)26(27(23)20-8-7-15-5-3-4-6-16(15)10-20)21-17-9-19-14-25(29)13-18(21)12-24(19,25)11-17/h3-8,10,17-19,21,29H,9,11-14H2,1-2H3/t17?,18?,19?,21-,24?,25+/m0/s1. The summed E-state index contributed by atoms with van der Waals surface area (Å²) in [5, 5.41) is 18.0. The van der Waals surface area contributed by atoms with Gasteiger partial charge in [-0.15, -0.1) is 0 Å². The molecule has 1 amide bonds. The predicted molar refractivity (Wildman–Crippen MR) is 112 cm³/mol. The molecular formula is C25H28N2O2. The highest BCUT2D eigenvalue weighted by atomic mass is 16.3. The average Bonchev–Trinajstić information content (AvgIpc) is 3.05. The van der Waals surface area contributed by atoms with Crippen LogP contribution in [0, 0.1) is 23.2 Å². The van der Waals surface area contributed by atoms with E-state index in [1.54, 1.807) is 0 Å². The van der Waals surface area contributed by atoms with Crippen LogP contribution in [-0.4, -0.2) is 33.2 Å². The van der Waals surface area contributed by atoms with Crippen LogP contribution < -0.4 is 5.01 Å². The lowest BCUT2D eigenvalue weighted by molar-refractivity contribution is -0.176. The Labute approximate surface area is 171 Å². The van der Waals surface area contributed by atoms with Crippen LogP contribution >= 0.6 is 0 Å². The monoisotopic (exact) mass is 388 g/mol. The number of hydrogen-bond acceptors (Lipinski definition) is 3. The third-order valence-electron chi connectivity index (χ3n) is 9.43. The van der Waals surface area contributed by atoms with E-state index in [9.17, 15) is 9.90 Å². The minimum absolute atomic E-state index is 0.191. The fourth-order valence-corrected chi connectivity index (χ4v) is 8.33. The molecule has 5 aliphatic rings. The van der Waals surface area contributed by atoms with Gasteiger partial charge >= 0.3 is 0 Å². The SMILES string of the molecule is CC1(C)C(=O)N([C@H]2C3CC4C[C@]5(O)CC2CC45C3)N1c1ccc2ccccc2c1. The lowest BCUT2D eigenvalue weighted by Gasteiger charge is -2.61. The third-order valence-corrected chi connectivity index (χ3v) is 9.43. The van der Waals surface area contributed by atoms with Crippen molar-refractivity contribution in [2.24, 2.45) is 23.2 Å². The first-order valence-corrected chi connectivity index (χ1v) is 11.2. The smallest absolute Gasteiger partial charge is 0.268 e. The van der Waals surface area contributed by atoms with Gasteiger partial charge in [-0.05, 0) is 86.6 Å². The van der Waals surface area contributed by atoms with Gasteiger partial charge in [-0.1, -0.05) is 30.3 Å². The summed E-state index contributed by atoms with van der Waals surface area (Å²) in [7, 11) is 0. The molecule has 1 spiro atoms. The maximum absolute atomic E-state index is 13.4. The summed E-state index contributed by atoms with van der Waals surface area (Å²) in [5.41, 5.74) is 0.331. The maximum Gasteiger partial charge on any atom is 0.268 e. The van der Waals surface area contributed by atoms with E-state index in [0.717, 1.165) is 31.4 Å². The van der Waals surface area contributed by atoms with Gasteiger partial charge in [0.2, 0.25) is 0 Å². The van der Waals surface area contributed by atoms with Gasteiger partial charge in [0.1, 0.15) is 5.54 Å². The van der Waals surface area contributed by atoms with Crippen LogP contribution in [0.1, 0.15) is 46.0 Å². The molecule has 150 valence electrons. The lowest BCUT2D eigenvalue weighted by Crippen LogP contribution is -2.79. The molecule has 2 aromatic rings. The summed E-state index contributed by atoms with van der Waals surface area (Å²) in [6.07, 6.45) is 5.32. The van der Waals surface area contributed by atoms with Crippen LogP contribution in [0.15, 0.2) is 42.5 Å². The number of anilines is 1. The van der Waals surface area contributed by atoms with E-state index >= 15 is 0 Å². The van der Waals surface area contributed by atoms with E-state index in [-0.39, 0.29) is 17.4 Å². The zero-order chi connectivity index (χ0) is 19.8. The minimum Gasteiger partial charge on any atom is -0.389 e. The van der Waals surface area contributed by atoms with E-state index in [2.05, 4.69) is 52.5 Å². The molecule has 29 heavy (non-hydrogen) atoms. The van der Waals surface area contributed by atoms with Crippen molar-refractivity contribution in [2.45, 2.75) is 63.1 Å². The molecule has 5 fully saturated rings. The van der Waals surface area contributed by atoms with Gasteiger partial charge in [-0.3, -0.25) is 9.80 Å². The molecule has 0 aromatic heterocycles. The average molecular weight is 389 g/mol. The van der Waals surface area contributed by atoms with Crippen molar-refractivity contribution in [1.82, 2.24) is 5.01 Å². The lowest BCUT2D eigenvalue weighted by atomic mass is 9.53. The van der Waals surface area contributed by atoms with Gasteiger partial charge in [0, 0.05) is 5.41 Å². The summed E-state index contributed by atoms with van der Waals surface area (Å²) in [4.78, 5) is 13.4. The van der Waals surface area contributed by atoms with Gasteiger partial charge in [-0.2, -0.15) is 0 Å². The van der Waals surface area contributed by atoms with E-state index < -0.39 is 11.1 Å². The number of benzene rings is 2. The molecule has 1 heterocycles. The fraction of sp³-hybridized carbons (Fsp3) is 0.560. The zero-order valence-electron chi connectivity index (χ0n) is 17.1. The molecule has 4 unspecified atom stereocenters. The van der Waals surface area contributed by atoms with Crippen molar-refractivity contribution in [3.63, 3.8) is 0 Å². The normalized spacial score (nSPS) is 43.5. The number of aliphatic hydroxyl groups is 1. The summed E-state index contributed by atoms with van der Waals surface area (Å²) >= 11 is 0. The van der Waals surface area contributed by atoms with Crippen molar-refractivity contribution in [1.29, 1.82) is 0 Å². The molecule has 6 atom stereocenters. The van der Waals surface area contributed by atoms with Crippen LogP contribution in [-0.2, 0) is 4.79 Å². The maximum atomic E-state index is 13.4. The number of hydrazine groups is 1. The van der Waals surface area contributed by atoms with Gasteiger partial charge in [0.25, 0.3) is 5.91 Å². The molecule has 2 aromatic carbocycles. The molecule has 1 aliphatic heterocycles. The van der Waals surface area contributed by atoms with Crippen molar-refractivity contribution < 1.29 is 9.90 Å². The number of fused-ring (bicyclic) bond motifs is 3. The van der Waals surface area contributed by atoms with Crippen LogP contribution in [0.5, 0.6) is 0 Å². The zero-order valence-corrected chi connectivity index (χ0v) is 17.1. The summed E-state index contributed by atoms with van der Waals surface area (Å²) in [5.74, 6) is 1.90. The Morgan fingerprint density at radius 2 is 1.72 bits per heavy atom. The second-order valence-corrected chi connectivity index (χ2v) is 11.0. The second-order valence-electron chi connectivity index (χ2n) is 11.0. The fourth-order valence-electron chi connectivity index (χ4n) is 8.33. The van der Waals surface area contributed by atoms with Crippen molar-refractivity contribution in [3.05, 3.63) is 42.5 Å². The Kier molecular flexibility index (Phi) is 2.77.